The zero-order valence-electron chi connectivity index (χ0n) is 28.1. The van der Waals surface area contributed by atoms with Crippen LogP contribution in [0.1, 0.15) is 142 Å². The molecule has 6 unspecified atom stereocenters. The summed E-state index contributed by atoms with van der Waals surface area (Å²) in [5.41, 5.74) is 3.49. The van der Waals surface area contributed by atoms with E-state index >= 15 is 0 Å². The van der Waals surface area contributed by atoms with E-state index in [-0.39, 0.29) is 76.8 Å². The van der Waals surface area contributed by atoms with Gasteiger partial charge in [0.25, 0.3) is 0 Å². The van der Waals surface area contributed by atoms with E-state index < -0.39 is 16.1 Å². The monoisotopic (exact) mass is 717 g/mol. The van der Waals surface area contributed by atoms with E-state index in [4.69, 9.17) is 9.47 Å². The van der Waals surface area contributed by atoms with E-state index in [0.717, 1.165) is 43.6 Å². The zero-order chi connectivity index (χ0) is 30.1. The molecule has 284 valence electrons. The van der Waals surface area contributed by atoms with Crippen LogP contribution < -0.4 is 0 Å². The van der Waals surface area contributed by atoms with Crippen LogP contribution in [0.15, 0.2) is 0 Å². The van der Waals surface area contributed by atoms with Crippen molar-refractivity contribution in [3.63, 3.8) is 0 Å². The largest absolute Gasteiger partial charge is 0.465 e. The maximum atomic E-state index is 12.2. The minimum Gasteiger partial charge on any atom is -0.465 e. The number of fused-ring (bicyclic) bond motifs is 5. The third-order valence-electron chi connectivity index (χ3n) is 12.0. The molecule has 1 spiro atoms. The van der Waals surface area contributed by atoms with Crippen molar-refractivity contribution in [3.05, 3.63) is 0 Å². The summed E-state index contributed by atoms with van der Waals surface area (Å²) >= 11 is 0. The molecule has 5 saturated carbocycles. The van der Waals surface area contributed by atoms with Gasteiger partial charge in [-0.1, -0.05) is 121 Å². The average molecular weight is 717 g/mol. The molecule has 7 heteroatoms. The summed E-state index contributed by atoms with van der Waals surface area (Å²) in [6, 6.07) is 1.48. The Bertz CT molecular complexity index is 913. The molecular weight excluding hydrogens is 629 g/mol. The number of carbonyl (C=O) groups excluding carboxylic acids is 2. The molecule has 0 aromatic heterocycles. The Hall–Kier alpha value is -0.409. The van der Waals surface area contributed by atoms with E-state index in [2.05, 4.69) is 53.1 Å². The topological polar surface area (TPSA) is 52.6 Å². The van der Waals surface area contributed by atoms with Crippen LogP contribution in [0, 0.1) is 35.0 Å². The molecule has 0 amide bonds. The number of carbonyl (C=O) groups is 2. The first-order valence-electron chi connectivity index (χ1n) is 17.5. The fourth-order valence-corrected chi connectivity index (χ4v) is 32.3. The highest BCUT2D eigenvalue weighted by Gasteiger charge is 2.55. The highest BCUT2D eigenvalue weighted by molar-refractivity contribution is 6.99. The van der Waals surface area contributed by atoms with Crippen LogP contribution >= 0.6 is 0 Å². The van der Waals surface area contributed by atoms with Gasteiger partial charge >= 0.3 is 11.9 Å². The summed E-state index contributed by atoms with van der Waals surface area (Å²) in [6.07, 6.45) is 15.7. The van der Waals surface area contributed by atoms with Gasteiger partial charge in [-0.2, -0.15) is 0 Å². The van der Waals surface area contributed by atoms with Gasteiger partial charge in [-0.3, -0.25) is 9.59 Å². The minimum absolute atomic E-state index is 0. The van der Waals surface area contributed by atoms with Crippen molar-refractivity contribution < 1.29 is 19.1 Å². The SMILES string of the molecule is C.C.C.C.C.C.CC1(OC(=O)C2CC3CCC2C3)CCCC1.CC[Si](C)(C)C[Si](C)(C)C[SiH](C)C.O=C1CC2(CO1)CC1CCC2C1. The van der Waals surface area contributed by atoms with E-state index in [1.165, 1.54) is 63.8 Å². The Morgan fingerprint density at radius 1 is 0.872 bits per heavy atom. The molecule has 6 aliphatic rings. The molecule has 1 saturated heterocycles. The molecule has 4 nitrogen and oxygen atoms in total. The molecule has 0 N–H and O–H groups in total. The highest BCUT2D eigenvalue weighted by atomic mass is 28.4. The quantitative estimate of drug-likeness (QED) is 0.194. The van der Waals surface area contributed by atoms with E-state index in [0.29, 0.717) is 17.8 Å². The lowest BCUT2D eigenvalue weighted by Crippen LogP contribution is -2.41. The number of ether oxygens (including phenoxy) is 2. The molecule has 4 bridgehead atoms. The number of esters is 2. The summed E-state index contributed by atoms with van der Waals surface area (Å²) in [5.74, 6) is 3.63. The van der Waals surface area contributed by atoms with Crippen molar-refractivity contribution in [1.29, 1.82) is 0 Å². The Labute approximate surface area is 300 Å². The Kier molecular flexibility index (Phi) is 22.2. The van der Waals surface area contributed by atoms with Crippen molar-refractivity contribution in [3.8, 4) is 0 Å². The molecule has 0 aromatic rings. The van der Waals surface area contributed by atoms with Gasteiger partial charge in [0, 0.05) is 30.4 Å². The van der Waals surface area contributed by atoms with Crippen molar-refractivity contribution in [2.75, 3.05) is 6.61 Å². The van der Waals surface area contributed by atoms with Crippen LogP contribution in [0.25, 0.3) is 0 Å². The molecule has 47 heavy (non-hydrogen) atoms. The molecule has 5 aliphatic carbocycles. The fraction of sp³-hybridized carbons (Fsp3) is 0.950. The van der Waals surface area contributed by atoms with E-state index in [9.17, 15) is 9.59 Å². The molecule has 6 atom stereocenters. The van der Waals surface area contributed by atoms with Crippen LogP contribution in [0.3, 0.4) is 0 Å². The summed E-state index contributed by atoms with van der Waals surface area (Å²) in [4.78, 5) is 23.2. The smallest absolute Gasteiger partial charge is 0.309 e. The highest BCUT2D eigenvalue weighted by Crippen LogP contribution is 2.59. The molecule has 0 aromatic carbocycles. The van der Waals surface area contributed by atoms with E-state index in [1.54, 1.807) is 11.3 Å². The summed E-state index contributed by atoms with van der Waals surface area (Å²) in [5, 5.41) is 0. The maximum Gasteiger partial charge on any atom is 0.309 e. The lowest BCUT2D eigenvalue weighted by molar-refractivity contribution is -0.164. The molecule has 1 heterocycles. The molecule has 1 aliphatic heterocycles. The van der Waals surface area contributed by atoms with Crippen molar-refractivity contribution in [2.24, 2.45) is 35.0 Å². The number of cyclic esters (lactones) is 1. The predicted octanol–water partition coefficient (Wildman–Crippen LogP) is 12.8. The van der Waals surface area contributed by atoms with Crippen LogP contribution in [0.4, 0.5) is 0 Å². The second kappa shape index (κ2) is 20.4. The predicted molar refractivity (Wildman–Crippen MR) is 220 cm³/mol. The first-order valence-corrected chi connectivity index (χ1v) is 27.5. The third kappa shape index (κ3) is 13.7. The van der Waals surface area contributed by atoms with Gasteiger partial charge in [0.2, 0.25) is 0 Å². The second-order valence-corrected chi connectivity index (χ2v) is 32.8. The fourth-order valence-electron chi connectivity index (χ4n) is 10.2. The normalized spacial score (nSPS) is 30.4. The standard InChI is InChI=1S/C14H22O2.C10H14O2.C10H28Si3.6CH4/c1-14(6-2-3-7-14)16-13(15)12-9-10-4-5-11(12)8-10;11-9-5-10(6-12-9)4-7-1-2-8(10)3-7;1-8-12(4,5)10-13(6,7)9-11(2)3;;;;;;/h10-12H,2-9H2,1H3;7-8H,1-6H2;11H,8-10H2,1-7H3;6*1H4. The average Bonchev–Trinajstić information content (AvgIpc) is 3.71. The van der Waals surface area contributed by atoms with Crippen LogP contribution in [0.5, 0.6) is 0 Å². The van der Waals surface area contributed by atoms with Crippen LogP contribution in [-0.2, 0) is 19.1 Å². The molecule has 6 fully saturated rings. The van der Waals surface area contributed by atoms with Crippen molar-refractivity contribution in [2.45, 2.75) is 204 Å². The van der Waals surface area contributed by atoms with Gasteiger partial charge in [-0.15, -0.1) is 0 Å². The van der Waals surface area contributed by atoms with Gasteiger partial charge in [0.15, 0.2) is 0 Å². The van der Waals surface area contributed by atoms with Gasteiger partial charge in [-0.25, -0.2) is 0 Å². The van der Waals surface area contributed by atoms with Gasteiger partial charge in [-0.05, 0) is 94.8 Å². The van der Waals surface area contributed by atoms with E-state index in [1.807, 2.05) is 0 Å². The number of rotatable bonds is 7. The second-order valence-electron chi connectivity index (χ2n) is 17.6. The first kappa shape index (κ1) is 51.0. The lowest BCUT2D eigenvalue weighted by atomic mass is 9.73. The molecule has 0 radical (unpaired) electrons. The lowest BCUT2D eigenvalue weighted by Gasteiger charge is -2.32. The molecular formula is C40H88O4Si3. The summed E-state index contributed by atoms with van der Waals surface area (Å²) in [7, 11) is -1.91. The third-order valence-corrected chi connectivity index (χ3v) is 29.3. The maximum absolute atomic E-state index is 12.2. The van der Waals surface area contributed by atoms with Gasteiger partial charge in [0.1, 0.15) is 5.60 Å². The van der Waals surface area contributed by atoms with Crippen LogP contribution in [-0.4, -0.2) is 49.1 Å². The van der Waals surface area contributed by atoms with Crippen LogP contribution in [0.2, 0.25) is 56.7 Å². The number of hydrogen-bond donors (Lipinski definition) is 0. The Morgan fingerprint density at radius 3 is 1.87 bits per heavy atom. The molecule has 6 rings (SSSR count). The Morgan fingerprint density at radius 2 is 1.47 bits per heavy atom. The van der Waals surface area contributed by atoms with Gasteiger partial charge in [0.05, 0.1) is 18.9 Å². The summed E-state index contributed by atoms with van der Waals surface area (Å²) in [6.45, 7) is 20.6. The minimum atomic E-state index is -0.799. The van der Waals surface area contributed by atoms with Crippen molar-refractivity contribution in [1.82, 2.24) is 0 Å². The first-order chi connectivity index (χ1) is 19.1. The zero-order valence-corrected chi connectivity index (χ0v) is 31.3. The Balaban J connectivity index is -0.000000587. The van der Waals surface area contributed by atoms with Crippen molar-refractivity contribution >= 4 is 36.9 Å². The number of hydrogen-bond acceptors (Lipinski definition) is 4. The summed E-state index contributed by atoms with van der Waals surface area (Å²) < 4.78 is 10.9. The van der Waals surface area contributed by atoms with Gasteiger partial charge < -0.3 is 9.47 Å².